The van der Waals surface area contributed by atoms with Crippen molar-refractivity contribution >= 4 is 29.6 Å². The van der Waals surface area contributed by atoms with Gasteiger partial charge >= 0.3 is 0 Å². The Labute approximate surface area is 154 Å². The summed E-state index contributed by atoms with van der Waals surface area (Å²) in [6.07, 6.45) is 1.79. The molecule has 1 fully saturated rings. The Morgan fingerprint density at radius 3 is 2.65 bits per heavy atom. The lowest BCUT2D eigenvalue weighted by molar-refractivity contribution is -0.385. The highest BCUT2D eigenvalue weighted by Crippen LogP contribution is 2.23. The number of aryl methyl sites for hydroxylation is 1. The zero-order valence-electron chi connectivity index (χ0n) is 14.0. The number of amides is 1. The molecule has 0 spiro atoms. The number of ether oxygens (including phenoxy) is 1. The molecule has 1 amide bonds. The first-order valence-electron chi connectivity index (χ1n) is 7.96. The minimum Gasteiger partial charge on any atom is -0.489 e. The van der Waals surface area contributed by atoms with Gasteiger partial charge in [0.15, 0.2) is 0 Å². The Hall–Kier alpha value is -2.87. The van der Waals surface area contributed by atoms with Crippen LogP contribution in [-0.2, 0) is 0 Å². The fraction of sp³-hybridized carbons (Fsp3) is 0.222. The third-order valence-corrected chi connectivity index (χ3v) is 5.05. The standard InChI is InChI=1S/C18H17N3O4S/c1-12-2-5-14(8-17(12)21(23)24)18(22)20-19-9-13-3-6-15(7-4-13)25-16-10-26-11-16/h2-9,16H,10-11H2,1H3,(H,20,22)/b19-9+. The minimum atomic E-state index is -0.513. The summed E-state index contributed by atoms with van der Waals surface area (Å²) in [7, 11) is 0. The Morgan fingerprint density at radius 1 is 1.31 bits per heavy atom. The van der Waals surface area contributed by atoms with Gasteiger partial charge in [0.25, 0.3) is 11.6 Å². The van der Waals surface area contributed by atoms with Gasteiger partial charge in [-0.3, -0.25) is 14.9 Å². The molecule has 1 heterocycles. The van der Waals surface area contributed by atoms with Crippen molar-refractivity contribution in [2.24, 2.45) is 5.10 Å². The van der Waals surface area contributed by atoms with Gasteiger partial charge in [0.05, 0.1) is 11.1 Å². The lowest BCUT2D eigenvalue weighted by Gasteiger charge is -2.25. The number of hydrogen-bond acceptors (Lipinski definition) is 6. The summed E-state index contributed by atoms with van der Waals surface area (Å²) in [6, 6.07) is 11.7. The van der Waals surface area contributed by atoms with Crippen LogP contribution < -0.4 is 10.2 Å². The number of carbonyl (C=O) groups is 1. The Morgan fingerprint density at radius 2 is 2.04 bits per heavy atom. The summed E-state index contributed by atoms with van der Waals surface area (Å²) in [5.74, 6) is 2.34. The van der Waals surface area contributed by atoms with E-state index in [1.54, 1.807) is 6.92 Å². The number of benzene rings is 2. The molecule has 0 unspecified atom stereocenters. The highest BCUT2D eigenvalue weighted by Gasteiger charge is 2.19. The van der Waals surface area contributed by atoms with Crippen LogP contribution in [-0.4, -0.2) is 34.7 Å². The predicted octanol–water partition coefficient (Wildman–Crippen LogP) is 3.16. The molecule has 0 atom stereocenters. The van der Waals surface area contributed by atoms with Crippen molar-refractivity contribution in [2.75, 3.05) is 11.5 Å². The second kappa shape index (κ2) is 8.01. The second-order valence-corrected chi connectivity index (χ2v) is 6.88. The van der Waals surface area contributed by atoms with E-state index >= 15 is 0 Å². The van der Waals surface area contributed by atoms with Crippen LogP contribution in [0.15, 0.2) is 47.6 Å². The van der Waals surface area contributed by atoms with Crippen LogP contribution in [0.1, 0.15) is 21.5 Å². The van der Waals surface area contributed by atoms with Crippen molar-refractivity contribution < 1.29 is 14.5 Å². The van der Waals surface area contributed by atoms with E-state index in [0.29, 0.717) is 5.56 Å². The highest BCUT2D eigenvalue weighted by molar-refractivity contribution is 8.00. The topological polar surface area (TPSA) is 93.8 Å². The molecule has 26 heavy (non-hydrogen) atoms. The summed E-state index contributed by atoms with van der Waals surface area (Å²) < 4.78 is 5.76. The van der Waals surface area contributed by atoms with E-state index in [4.69, 9.17) is 4.74 Å². The van der Waals surface area contributed by atoms with Gasteiger partial charge in [0.1, 0.15) is 11.9 Å². The van der Waals surface area contributed by atoms with Crippen molar-refractivity contribution in [2.45, 2.75) is 13.0 Å². The van der Waals surface area contributed by atoms with E-state index < -0.39 is 10.8 Å². The highest BCUT2D eigenvalue weighted by atomic mass is 32.2. The predicted molar refractivity (Wildman–Crippen MR) is 101 cm³/mol. The van der Waals surface area contributed by atoms with Gasteiger partial charge in [0, 0.05) is 28.7 Å². The van der Waals surface area contributed by atoms with Gasteiger partial charge in [0.2, 0.25) is 0 Å². The van der Waals surface area contributed by atoms with Crippen molar-refractivity contribution in [1.82, 2.24) is 5.43 Å². The zero-order chi connectivity index (χ0) is 18.5. The summed E-state index contributed by atoms with van der Waals surface area (Å²) in [4.78, 5) is 22.5. The van der Waals surface area contributed by atoms with Gasteiger partial charge in [-0.25, -0.2) is 5.43 Å². The maximum Gasteiger partial charge on any atom is 0.273 e. The van der Waals surface area contributed by atoms with Crippen molar-refractivity contribution in [3.05, 3.63) is 69.3 Å². The van der Waals surface area contributed by atoms with Crippen LogP contribution in [0.3, 0.4) is 0 Å². The van der Waals surface area contributed by atoms with E-state index in [1.807, 2.05) is 36.0 Å². The molecule has 0 aromatic heterocycles. The summed E-state index contributed by atoms with van der Waals surface area (Å²) in [6.45, 7) is 1.62. The van der Waals surface area contributed by atoms with Crippen molar-refractivity contribution in [3.8, 4) is 5.75 Å². The lowest BCUT2D eigenvalue weighted by Crippen LogP contribution is -2.30. The Balaban J connectivity index is 1.58. The Kier molecular flexibility index (Phi) is 5.52. The number of nitrogens with one attached hydrogen (secondary N) is 1. The van der Waals surface area contributed by atoms with Crippen LogP contribution >= 0.6 is 11.8 Å². The molecule has 7 nitrogen and oxygen atoms in total. The quantitative estimate of drug-likeness (QED) is 0.478. The molecule has 1 saturated heterocycles. The fourth-order valence-corrected chi connectivity index (χ4v) is 2.85. The van der Waals surface area contributed by atoms with E-state index in [-0.39, 0.29) is 17.4 Å². The molecule has 0 aliphatic carbocycles. The number of hydrazone groups is 1. The summed E-state index contributed by atoms with van der Waals surface area (Å²) >= 11 is 1.86. The lowest BCUT2D eigenvalue weighted by atomic mass is 10.1. The van der Waals surface area contributed by atoms with Gasteiger partial charge in [-0.15, -0.1) is 0 Å². The number of rotatable bonds is 6. The van der Waals surface area contributed by atoms with E-state index in [2.05, 4.69) is 10.5 Å². The number of carbonyl (C=O) groups excluding carboxylic acids is 1. The molecule has 2 aromatic rings. The zero-order valence-corrected chi connectivity index (χ0v) is 14.9. The third-order valence-electron chi connectivity index (χ3n) is 3.84. The molecule has 0 saturated carbocycles. The number of thioether (sulfide) groups is 1. The van der Waals surface area contributed by atoms with Gasteiger partial charge in [-0.05, 0) is 42.8 Å². The molecular weight excluding hydrogens is 354 g/mol. The monoisotopic (exact) mass is 371 g/mol. The number of hydrogen-bond donors (Lipinski definition) is 1. The van der Waals surface area contributed by atoms with E-state index in [1.165, 1.54) is 24.4 Å². The number of nitro groups is 1. The normalized spacial score (nSPS) is 14.0. The van der Waals surface area contributed by atoms with Gasteiger partial charge in [-0.1, -0.05) is 6.07 Å². The average molecular weight is 371 g/mol. The van der Waals surface area contributed by atoms with E-state index in [9.17, 15) is 14.9 Å². The first-order chi connectivity index (χ1) is 12.5. The van der Waals surface area contributed by atoms with Crippen molar-refractivity contribution in [1.29, 1.82) is 0 Å². The molecular formula is C18H17N3O4S. The van der Waals surface area contributed by atoms with Gasteiger partial charge in [-0.2, -0.15) is 16.9 Å². The van der Waals surface area contributed by atoms with Crippen LogP contribution in [0, 0.1) is 17.0 Å². The molecule has 1 N–H and O–H groups in total. The van der Waals surface area contributed by atoms with Crippen LogP contribution in [0.4, 0.5) is 5.69 Å². The van der Waals surface area contributed by atoms with Crippen molar-refractivity contribution in [3.63, 3.8) is 0 Å². The van der Waals surface area contributed by atoms with Crippen LogP contribution in [0.5, 0.6) is 5.75 Å². The average Bonchev–Trinajstić information content (AvgIpc) is 2.59. The maximum atomic E-state index is 12.1. The second-order valence-electron chi connectivity index (χ2n) is 5.80. The van der Waals surface area contributed by atoms with Gasteiger partial charge < -0.3 is 4.74 Å². The number of nitrogens with zero attached hydrogens (tertiary/aromatic N) is 2. The molecule has 3 rings (SSSR count). The van der Waals surface area contributed by atoms with Crippen LogP contribution in [0.2, 0.25) is 0 Å². The minimum absolute atomic E-state index is 0.0953. The molecule has 0 radical (unpaired) electrons. The number of nitro benzene ring substituents is 1. The first-order valence-corrected chi connectivity index (χ1v) is 9.11. The molecule has 1 aliphatic heterocycles. The molecule has 0 bridgehead atoms. The molecule has 2 aromatic carbocycles. The van der Waals surface area contributed by atoms with E-state index in [0.717, 1.165) is 22.8 Å². The molecule has 1 aliphatic rings. The summed E-state index contributed by atoms with van der Waals surface area (Å²) in [5, 5.41) is 14.8. The smallest absolute Gasteiger partial charge is 0.273 e. The fourth-order valence-electron chi connectivity index (χ4n) is 2.28. The SMILES string of the molecule is Cc1ccc(C(=O)N/N=C/c2ccc(OC3CSC3)cc2)cc1[N+](=O)[O-]. The largest absolute Gasteiger partial charge is 0.489 e. The first kappa shape index (κ1) is 17.9. The Bertz CT molecular complexity index is 848. The maximum absolute atomic E-state index is 12.1. The summed E-state index contributed by atoms with van der Waals surface area (Å²) in [5.41, 5.74) is 3.76. The molecule has 134 valence electrons. The molecule has 8 heteroatoms. The third kappa shape index (κ3) is 4.40. The van der Waals surface area contributed by atoms with Crippen LogP contribution in [0.25, 0.3) is 0 Å².